The summed E-state index contributed by atoms with van der Waals surface area (Å²) in [6.07, 6.45) is 1.50. The van der Waals surface area contributed by atoms with Gasteiger partial charge in [-0.25, -0.2) is 0 Å². The number of carbonyl (C=O) groups is 3. The highest BCUT2D eigenvalue weighted by Crippen LogP contribution is 2.28. The van der Waals surface area contributed by atoms with Crippen LogP contribution >= 0.6 is 12.2 Å². The molecule has 1 unspecified atom stereocenters. The lowest BCUT2D eigenvalue weighted by Gasteiger charge is -2.33. The van der Waals surface area contributed by atoms with Gasteiger partial charge in [-0.2, -0.15) is 0 Å². The third-order valence-electron chi connectivity index (χ3n) is 4.07. The first kappa shape index (κ1) is 16.6. The van der Waals surface area contributed by atoms with Crippen LogP contribution in [0.4, 0.5) is 0 Å². The number of hydrogen-bond donors (Lipinski definition) is 2. The number of rotatable bonds is 5. The number of thiocarbonyl (C=S) groups is 1. The number of carbonyl (C=O) groups excluding carboxylic acids is 3. The van der Waals surface area contributed by atoms with Gasteiger partial charge in [-0.1, -0.05) is 26.1 Å². The van der Waals surface area contributed by atoms with E-state index in [4.69, 9.17) is 18.0 Å². The molecule has 1 aliphatic heterocycles. The second-order valence-corrected chi connectivity index (χ2v) is 5.45. The highest BCUT2D eigenvalue weighted by molar-refractivity contribution is 7.80. The van der Waals surface area contributed by atoms with Crippen molar-refractivity contribution < 1.29 is 14.4 Å². The van der Waals surface area contributed by atoms with Crippen LogP contribution in [-0.2, 0) is 14.4 Å². The summed E-state index contributed by atoms with van der Waals surface area (Å²) < 4.78 is 0. The lowest BCUT2D eigenvalue weighted by molar-refractivity contribution is -0.150. The molecule has 0 bridgehead atoms. The van der Waals surface area contributed by atoms with Crippen molar-refractivity contribution in [2.75, 3.05) is 7.05 Å². The minimum Gasteiger partial charge on any atom is -0.392 e. The summed E-state index contributed by atoms with van der Waals surface area (Å²) in [6, 6.07) is -0.683. The normalized spacial score (nSPS) is 19.9. The fourth-order valence-electron chi connectivity index (χ4n) is 2.38. The third-order valence-corrected chi connectivity index (χ3v) is 4.46. The first-order valence-corrected chi connectivity index (χ1v) is 7.12. The van der Waals surface area contributed by atoms with Gasteiger partial charge in [-0.05, 0) is 19.3 Å². The Labute approximate surface area is 124 Å². The quantitative estimate of drug-likeness (QED) is 0.564. The van der Waals surface area contributed by atoms with E-state index in [-0.39, 0.29) is 23.2 Å². The molecule has 3 amide bonds. The molecule has 0 aromatic rings. The van der Waals surface area contributed by atoms with E-state index in [9.17, 15) is 14.4 Å². The third kappa shape index (κ3) is 2.82. The van der Waals surface area contributed by atoms with Gasteiger partial charge in [0, 0.05) is 13.5 Å². The Morgan fingerprint density at radius 1 is 1.45 bits per heavy atom. The lowest BCUT2D eigenvalue weighted by Crippen LogP contribution is -2.57. The van der Waals surface area contributed by atoms with E-state index < -0.39 is 17.4 Å². The molecule has 1 aliphatic rings. The molecule has 0 aromatic heterocycles. The zero-order valence-electron chi connectivity index (χ0n) is 12.1. The molecular weight excluding hydrogens is 278 g/mol. The van der Waals surface area contributed by atoms with Crippen molar-refractivity contribution in [3.63, 3.8) is 0 Å². The average molecular weight is 299 g/mol. The van der Waals surface area contributed by atoms with Crippen molar-refractivity contribution >= 4 is 34.9 Å². The van der Waals surface area contributed by atoms with Gasteiger partial charge in [0.25, 0.3) is 5.91 Å². The number of hydrogen-bond acceptors (Lipinski definition) is 4. The van der Waals surface area contributed by atoms with Gasteiger partial charge in [-0.3, -0.25) is 19.3 Å². The van der Waals surface area contributed by atoms with Gasteiger partial charge >= 0.3 is 0 Å². The maximum Gasteiger partial charge on any atom is 0.251 e. The molecule has 1 saturated heterocycles. The summed E-state index contributed by atoms with van der Waals surface area (Å²) in [4.78, 5) is 37.0. The Hall–Kier alpha value is -1.50. The van der Waals surface area contributed by atoms with Crippen LogP contribution in [0.1, 0.15) is 39.5 Å². The molecule has 7 heteroatoms. The highest BCUT2D eigenvalue weighted by atomic mass is 32.1. The molecule has 0 spiro atoms. The van der Waals surface area contributed by atoms with E-state index in [0.717, 1.165) is 4.90 Å². The van der Waals surface area contributed by atoms with Crippen LogP contribution in [0.2, 0.25) is 0 Å². The number of nitrogens with two attached hydrogens (primary N) is 1. The van der Waals surface area contributed by atoms with Crippen molar-refractivity contribution in [2.24, 2.45) is 11.1 Å². The van der Waals surface area contributed by atoms with Gasteiger partial charge < -0.3 is 11.1 Å². The Morgan fingerprint density at radius 3 is 2.45 bits per heavy atom. The second kappa shape index (κ2) is 6.30. The lowest BCUT2D eigenvalue weighted by atomic mass is 9.81. The Kier molecular flexibility index (Phi) is 5.21. The predicted molar refractivity (Wildman–Crippen MR) is 78.7 cm³/mol. The second-order valence-electron chi connectivity index (χ2n) is 5.01. The van der Waals surface area contributed by atoms with Gasteiger partial charge in [0.2, 0.25) is 11.8 Å². The SMILES string of the molecule is CCC(CC)(C(=O)NC1CCC(=O)N(C)C1=O)C(N)=S. The van der Waals surface area contributed by atoms with Crippen LogP contribution in [0.15, 0.2) is 0 Å². The Morgan fingerprint density at radius 2 is 2.00 bits per heavy atom. The first-order chi connectivity index (χ1) is 9.30. The van der Waals surface area contributed by atoms with Crippen molar-refractivity contribution in [1.82, 2.24) is 10.2 Å². The molecule has 0 saturated carbocycles. The molecule has 20 heavy (non-hydrogen) atoms. The van der Waals surface area contributed by atoms with E-state index in [1.807, 2.05) is 13.8 Å². The highest BCUT2D eigenvalue weighted by Gasteiger charge is 2.41. The zero-order valence-corrected chi connectivity index (χ0v) is 12.9. The smallest absolute Gasteiger partial charge is 0.251 e. The van der Waals surface area contributed by atoms with E-state index >= 15 is 0 Å². The standard InChI is InChI=1S/C13H21N3O3S/c1-4-13(5-2,11(14)20)12(19)15-8-6-7-9(17)16(3)10(8)18/h8H,4-7H2,1-3H3,(H2,14,20)(H,15,19). The Balaban J connectivity index is 2.87. The number of amides is 3. The average Bonchev–Trinajstić information content (AvgIpc) is 2.41. The molecule has 0 aliphatic carbocycles. The maximum absolute atomic E-state index is 12.4. The van der Waals surface area contributed by atoms with Crippen molar-refractivity contribution in [3.05, 3.63) is 0 Å². The minimum absolute atomic E-state index is 0.132. The molecule has 1 heterocycles. The van der Waals surface area contributed by atoms with E-state index in [2.05, 4.69) is 5.32 Å². The molecule has 0 radical (unpaired) electrons. The summed E-state index contributed by atoms with van der Waals surface area (Å²) in [5.41, 5.74) is 4.77. The van der Waals surface area contributed by atoms with Crippen LogP contribution in [-0.4, -0.2) is 40.7 Å². The molecule has 112 valence electrons. The van der Waals surface area contributed by atoms with Gasteiger partial charge in [0.1, 0.15) is 6.04 Å². The van der Waals surface area contributed by atoms with Crippen LogP contribution < -0.4 is 11.1 Å². The van der Waals surface area contributed by atoms with E-state index in [1.165, 1.54) is 7.05 Å². The summed E-state index contributed by atoms with van der Waals surface area (Å²) in [5.74, 6) is -0.957. The monoisotopic (exact) mass is 299 g/mol. The van der Waals surface area contributed by atoms with E-state index in [0.29, 0.717) is 19.3 Å². The maximum atomic E-state index is 12.4. The van der Waals surface area contributed by atoms with Gasteiger partial charge in [0.05, 0.1) is 10.4 Å². The fourth-order valence-corrected chi connectivity index (χ4v) is 2.76. The van der Waals surface area contributed by atoms with Crippen molar-refractivity contribution in [2.45, 2.75) is 45.6 Å². The van der Waals surface area contributed by atoms with Crippen molar-refractivity contribution in [1.29, 1.82) is 0 Å². The van der Waals surface area contributed by atoms with Crippen LogP contribution in [0.5, 0.6) is 0 Å². The molecule has 6 nitrogen and oxygen atoms in total. The molecule has 0 aromatic carbocycles. The summed E-state index contributed by atoms with van der Waals surface area (Å²) in [7, 11) is 1.42. The van der Waals surface area contributed by atoms with Gasteiger partial charge in [-0.15, -0.1) is 0 Å². The molecule has 3 N–H and O–H groups in total. The number of likely N-dealkylation sites (N-methyl/N-ethyl adjacent to an activating group) is 1. The Bertz CT molecular complexity index is 446. The zero-order chi connectivity index (χ0) is 15.5. The topological polar surface area (TPSA) is 92.5 Å². The summed E-state index contributed by atoms with van der Waals surface area (Å²) in [5, 5.41) is 2.69. The predicted octanol–water partition coefficient (Wildman–Crippen LogP) is 0.343. The number of piperidine rings is 1. The molecule has 1 fully saturated rings. The summed E-state index contributed by atoms with van der Waals surface area (Å²) in [6.45, 7) is 3.67. The first-order valence-electron chi connectivity index (χ1n) is 6.71. The molecule has 1 rings (SSSR count). The fraction of sp³-hybridized carbons (Fsp3) is 0.692. The van der Waals surface area contributed by atoms with Crippen LogP contribution in [0.3, 0.4) is 0 Å². The van der Waals surface area contributed by atoms with E-state index in [1.54, 1.807) is 0 Å². The minimum atomic E-state index is -0.935. The van der Waals surface area contributed by atoms with Crippen LogP contribution in [0.25, 0.3) is 0 Å². The number of nitrogens with zero attached hydrogens (tertiary/aromatic N) is 1. The van der Waals surface area contributed by atoms with Crippen LogP contribution in [0, 0.1) is 5.41 Å². The number of imide groups is 1. The molecule has 1 atom stereocenters. The van der Waals surface area contributed by atoms with Crippen molar-refractivity contribution in [3.8, 4) is 0 Å². The number of likely N-dealkylation sites (tertiary alicyclic amines) is 1. The number of nitrogens with one attached hydrogen (secondary N) is 1. The largest absolute Gasteiger partial charge is 0.392 e. The molecular formula is C13H21N3O3S. The van der Waals surface area contributed by atoms with Gasteiger partial charge in [0.15, 0.2) is 0 Å². The summed E-state index contributed by atoms with van der Waals surface area (Å²) >= 11 is 5.01.